The summed E-state index contributed by atoms with van der Waals surface area (Å²) in [5, 5.41) is 15.1. The van der Waals surface area contributed by atoms with Gasteiger partial charge in [0.1, 0.15) is 0 Å². The molecule has 0 aliphatic carbocycles. The van der Waals surface area contributed by atoms with Crippen molar-refractivity contribution in [1.29, 1.82) is 10.5 Å². The van der Waals surface area contributed by atoms with E-state index in [0.29, 0.717) is 0 Å². The quantitative estimate of drug-likeness (QED) is 0.384. The molecule has 1 radical (unpaired) electrons. The Balaban J connectivity index is 0. The lowest BCUT2D eigenvalue weighted by molar-refractivity contribution is 0.386. The van der Waals surface area contributed by atoms with Gasteiger partial charge in [-0.3, -0.25) is 0 Å². The molecule has 0 aliphatic rings. The molecule has 0 aliphatic heterocycles. The van der Waals surface area contributed by atoms with Crippen LogP contribution in [0.25, 0.3) is 0 Å². The molecule has 23 heavy (non-hydrogen) atoms. The van der Waals surface area contributed by atoms with E-state index in [-0.39, 0.29) is 0 Å². The molecule has 5 heteroatoms. The minimum atomic E-state index is 0.861. The molecule has 0 aromatic rings. The number of hydrogen-bond donors (Lipinski definition) is 0. The molecule has 0 amide bonds. The van der Waals surface area contributed by atoms with Crippen LogP contribution in [0.3, 0.4) is 0 Å². The molecule has 0 fully saturated rings. The first-order valence-corrected chi connectivity index (χ1v) is 8.95. The van der Waals surface area contributed by atoms with Crippen molar-refractivity contribution in [1.82, 2.24) is 9.80 Å². The zero-order valence-electron chi connectivity index (χ0n) is 15.9. The van der Waals surface area contributed by atoms with Crippen LogP contribution in [-0.2, 0) is 0 Å². The predicted molar refractivity (Wildman–Crippen MR) is 100 cm³/mol. The molecule has 0 unspecified atom stereocenters. The van der Waals surface area contributed by atoms with Gasteiger partial charge in [-0.1, -0.05) is 51.4 Å². The summed E-state index contributed by atoms with van der Waals surface area (Å²) in [5.41, 5.74) is 0. The third-order valence-electron chi connectivity index (χ3n) is 3.59. The third kappa shape index (κ3) is 29.6. The van der Waals surface area contributed by atoms with E-state index in [9.17, 15) is 0 Å². The average molecular weight is 319 g/mol. The number of nitrogens with zero attached hydrogens (tertiary/aromatic N) is 4. The van der Waals surface area contributed by atoms with Gasteiger partial charge in [-0.15, -0.1) is 0 Å². The Bertz CT molecular complexity index is 275. The maximum absolute atomic E-state index is 7.54. The van der Waals surface area contributed by atoms with E-state index in [0.717, 1.165) is 7.28 Å². The van der Waals surface area contributed by atoms with Crippen LogP contribution in [0.15, 0.2) is 0 Å². The SMILES string of the molecule is CN(C)CCCCCCCCCCCCN(C)C.N#C[B]C#N. The Morgan fingerprint density at radius 2 is 0.826 bits per heavy atom. The molecule has 0 atom stereocenters. The van der Waals surface area contributed by atoms with Crippen LogP contribution in [-0.4, -0.2) is 58.4 Å². The van der Waals surface area contributed by atoms with E-state index < -0.39 is 0 Å². The van der Waals surface area contributed by atoms with Gasteiger partial charge in [-0.05, 0) is 54.1 Å². The summed E-state index contributed by atoms with van der Waals surface area (Å²) < 4.78 is 0. The Hall–Kier alpha value is -1.04. The molecule has 0 saturated heterocycles. The Morgan fingerprint density at radius 3 is 1.00 bits per heavy atom. The standard InChI is InChI=1S/C16H36N2.C2BN2/c1-17(2)15-13-11-9-7-5-6-8-10-12-14-16-18(3)4;4-1-3-2-5/h5-16H2,1-4H3;. The van der Waals surface area contributed by atoms with Crippen LogP contribution < -0.4 is 0 Å². The highest BCUT2D eigenvalue weighted by atomic mass is 15.0. The molecule has 0 spiro atoms. The van der Waals surface area contributed by atoms with Crippen LogP contribution in [0.5, 0.6) is 0 Å². The lowest BCUT2D eigenvalue weighted by Crippen LogP contribution is -2.12. The summed E-state index contributed by atoms with van der Waals surface area (Å²) in [7, 11) is 9.51. The molecular weight excluding hydrogens is 283 g/mol. The van der Waals surface area contributed by atoms with E-state index in [1.807, 2.05) is 0 Å². The van der Waals surface area contributed by atoms with Crippen LogP contribution in [0.2, 0.25) is 0 Å². The number of nitriles is 2. The summed E-state index contributed by atoms with van der Waals surface area (Å²) in [5.74, 6) is 3.06. The molecule has 0 saturated carbocycles. The van der Waals surface area contributed by atoms with Gasteiger partial charge in [-0.25, -0.2) is 10.5 Å². The van der Waals surface area contributed by atoms with Gasteiger partial charge in [0, 0.05) is 11.9 Å². The van der Waals surface area contributed by atoms with Gasteiger partial charge < -0.3 is 9.80 Å². The van der Waals surface area contributed by atoms with Gasteiger partial charge >= 0.3 is 7.28 Å². The Kier molecular flexibility index (Phi) is 22.1. The smallest absolute Gasteiger partial charge is 0.309 e. The number of rotatable bonds is 13. The van der Waals surface area contributed by atoms with Crippen LogP contribution in [0.4, 0.5) is 0 Å². The lowest BCUT2D eigenvalue weighted by atomic mass is 9.85. The van der Waals surface area contributed by atoms with Crippen molar-refractivity contribution in [2.75, 3.05) is 41.3 Å². The van der Waals surface area contributed by atoms with Crippen molar-refractivity contribution in [3.63, 3.8) is 0 Å². The first kappa shape index (κ1) is 24.2. The van der Waals surface area contributed by atoms with E-state index in [1.165, 1.54) is 89.2 Å². The summed E-state index contributed by atoms with van der Waals surface area (Å²) in [6, 6.07) is 0. The molecule has 0 heterocycles. The first-order chi connectivity index (χ1) is 11.0. The Labute approximate surface area is 145 Å². The van der Waals surface area contributed by atoms with Gasteiger partial charge in [0.15, 0.2) is 0 Å². The fourth-order valence-corrected chi connectivity index (χ4v) is 2.30. The molecule has 0 aromatic heterocycles. The second-order valence-electron chi connectivity index (χ2n) is 6.54. The Morgan fingerprint density at radius 1 is 0.565 bits per heavy atom. The molecule has 0 rings (SSSR count). The van der Waals surface area contributed by atoms with E-state index in [4.69, 9.17) is 10.5 Å². The highest BCUT2D eigenvalue weighted by Crippen LogP contribution is 2.10. The van der Waals surface area contributed by atoms with E-state index in [2.05, 4.69) is 38.0 Å². The normalized spacial score (nSPS) is 9.91. The zero-order chi connectivity index (χ0) is 17.8. The first-order valence-electron chi connectivity index (χ1n) is 8.95. The van der Waals surface area contributed by atoms with Crippen molar-refractivity contribution in [3.8, 4) is 11.9 Å². The zero-order valence-corrected chi connectivity index (χ0v) is 15.9. The van der Waals surface area contributed by atoms with Crippen LogP contribution >= 0.6 is 0 Å². The fourth-order valence-electron chi connectivity index (χ4n) is 2.30. The van der Waals surface area contributed by atoms with Gasteiger partial charge in [-0.2, -0.15) is 0 Å². The molecule has 0 N–H and O–H groups in total. The minimum absolute atomic E-state index is 0.861. The van der Waals surface area contributed by atoms with Gasteiger partial charge in [0.05, 0.1) is 0 Å². The fraction of sp³-hybridized carbons (Fsp3) is 0.889. The summed E-state index contributed by atoms with van der Waals surface area (Å²) in [6.45, 7) is 2.51. The molecular formula is C18H36BN4. The predicted octanol–water partition coefficient (Wildman–Crippen LogP) is 3.66. The van der Waals surface area contributed by atoms with Crippen LogP contribution in [0.1, 0.15) is 64.2 Å². The van der Waals surface area contributed by atoms with E-state index in [1.54, 1.807) is 0 Å². The largest absolute Gasteiger partial charge is 0.390 e. The van der Waals surface area contributed by atoms with Crippen molar-refractivity contribution >= 4 is 7.28 Å². The molecule has 131 valence electrons. The second kappa shape index (κ2) is 21.0. The summed E-state index contributed by atoms with van der Waals surface area (Å²) in [6.07, 6.45) is 14.3. The lowest BCUT2D eigenvalue weighted by Gasteiger charge is -2.09. The van der Waals surface area contributed by atoms with Crippen molar-refractivity contribution < 1.29 is 0 Å². The molecule has 0 bridgehead atoms. The second-order valence-corrected chi connectivity index (χ2v) is 6.54. The average Bonchev–Trinajstić information content (AvgIpc) is 2.49. The van der Waals surface area contributed by atoms with Gasteiger partial charge in [0.25, 0.3) is 0 Å². The third-order valence-corrected chi connectivity index (χ3v) is 3.59. The van der Waals surface area contributed by atoms with Crippen LogP contribution in [0, 0.1) is 22.5 Å². The highest BCUT2D eigenvalue weighted by Gasteiger charge is 1.94. The van der Waals surface area contributed by atoms with Gasteiger partial charge in [0.2, 0.25) is 0 Å². The van der Waals surface area contributed by atoms with E-state index >= 15 is 0 Å². The monoisotopic (exact) mass is 319 g/mol. The summed E-state index contributed by atoms with van der Waals surface area (Å²) >= 11 is 0. The number of unbranched alkanes of at least 4 members (excludes halogenated alkanes) is 9. The molecule has 4 nitrogen and oxygen atoms in total. The topological polar surface area (TPSA) is 54.1 Å². The van der Waals surface area contributed by atoms with Crippen molar-refractivity contribution in [2.45, 2.75) is 64.2 Å². The molecule has 0 aromatic carbocycles. The maximum Gasteiger partial charge on any atom is 0.390 e. The maximum atomic E-state index is 7.54. The van der Waals surface area contributed by atoms with Crippen molar-refractivity contribution in [2.24, 2.45) is 0 Å². The highest BCUT2D eigenvalue weighted by molar-refractivity contribution is 6.53. The minimum Gasteiger partial charge on any atom is -0.309 e. The summed E-state index contributed by atoms with van der Waals surface area (Å²) in [4.78, 5) is 4.57. The number of hydrogen-bond acceptors (Lipinski definition) is 4. The van der Waals surface area contributed by atoms with Crippen molar-refractivity contribution in [3.05, 3.63) is 0 Å².